The van der Waals surface area contributed by atoms with Crippen LogP contribution >= 0.6 is 21.6 Å². The number of hydrogen-bond donors (Lipinski definition) is 2. The highest BCUT2D eigenvalue weighted by Crippen LogP contribution is 2.60. The van der Waals surface area contributed by atoms with Gasteiger partial charge in [0.2, 0.25) is 5.91 Å². The molecule has 1 saturated heterocycles. The number of nitrogens with two attached hydrogens (primary N) is 1. The third-order valence-corrected chi connectivity index (χ3v) is 15.6. The summed E-state index contributed by atoms with van der Waals surface area (Å²) in [6.07, 6.45) is 10.7. The summed E-state index contributed by atoms with van der Waals surface area (Å²) < 4.78 is 19.3. The molecule has 1 saturated carbocycles. The van der Waals surface area contributed by atoms with Crippen molar-refractivity contribution in [3.8, 4) is 5.75 Å². The Morgan fingerprint density at radius 3 is 2.81 bits per heavy atom. The molecule has 1 spiro atoms. The van der Waals surface area contributed by atoms with Crippen LogP contribution in [0.3, 0.4) is 0 Å². The molecule has 0 radical (unpaired) electrons. The molecule has 3 aliphatic heterocycles. The minimum absolute atomic E-state index is 0.00208. The molecule has 9 rings (SSSR count). The van der Waals surface area contributed by atoms with E-state index in [9.17, 15) is 19.2 Å². The van der Waals surface area contributed by atoms with Gasteiger partial charge in [0.15, 0.2) is 17.0 Å². The number of rotatable bonds is 3. The first-order valence-corrected chi connectivity index (χ1v) is 20.9. The topological polar surface area (TPSA) is 154 Å². The number of ketones is 1. The largest absolute Gasteiger partial charge is 0.481 e. The van der Waals surface area contributed by atoms with Crippen LogP contribution in [-0.2, 0) is 32.0 Å². The van der Waals surface area contributed by atoms with E-state index in [1.54, 1.807) is 65.9 Å². The van der Waals surface area contributed by atoms with Crippen LogP contribution in [0.15, 0.2) is 81.2 Å². The first-order valence-electron chi connectivity index (χ1n) is 18.5. The molecule has 9 unspecified atom stereocenters. The summed E-state index contributed by atoms with van der Waals surface area (Å²) in [7, 11) is 5.40. The lowest BCUT2D eigenvalue weighted by Gasteiger charge is -2.62. The molecular formula is C41H42N4O7S2. The van der Waals surface area contributed by atoms with Crippen molar-refractivity contribution in [3.05, 3.63) is 99.1 Å². The number of benzene rings is 1. The fourth-order valence-electron chi connectivity index (χ4n) is 10.1. The lowest BCUT2D eigenvalue weighted by molar-refractivity contribution is -0.183. The lowest BCUT2D eigenvalue weighted by atomic mass is 9.61. The highest BCUT2D eigenvalue weighted by Gasteiger charge is 2.65. The minimum Gasteiger partial charge on any atom is -0.481 e. The van der Waals surface area contributed by atoms with Gasteiger partial charge >= 0.3 is 11.6 Å². The van der Waals surface area contributed by atoms with Crippen LogP contribution < -0.4 is 21.4 Å². The van der Waals surface area contributed by atoms with Crippen LogP contribution in [0.4, 0.5) is 5.82 Å². The number of anilines is 1. The van der Waals surface area contributed by atoms with Gasteiger partial charge in [-0.05, 0) is 75.2 Å². The molecule has 280 valence electrons. The zero-order valence-electron chi connectivity index (χ0n) is 30.5. The average molecular weight is 767 g/mol. The molecule has 1 amide bonds. The second-order valence-electron chi connectivity index (χ2n) is 15.6. The molecule has 3 N–H and O–H groups in total. The highest BCUT2D eigenvalue weighted by atomic mass is 33.1. The number of nitrogen functional groups attached to an aromatic ring is 1. The van der Waals surface area contributed by atoms with Gasteiger partial charge in [-0.25, -0.2) is 14.6 Å². The van der Waals surface area contributed by atoms with E-state index in [-0.39, 0.29) is 53.3 Å². The molecule has 2 fully saturated rings. The van der Waals surface area contributed by atoms with Crippen molar-refractivity contribution in [2.45, 2.75) is 86.9 Å². The summed E-state index contributed by atoms with van der Waals surface area (Å²) in [4.78, 5) is 60.5. The van der Waals surface area contributed by atoms with E-state index in [2.05, 4.69) is 16.4 Å². The smallest absolute Gasteiger partial charge is 0.336 e. The van der Waals surface area contributed by atoms with Crippen LogP contribution in [-0.4, -0.2) is 74.9 Å². The standard InChI is InChI=1S/C41H42N4O7S2/c1-5-20(2)39(49)52-40(3)11-10-22-19-53-54-31-14-26-28(46)8-7-27-35(37(26)43-4)38(31)45(27)33(47)13-24-18-44-32(42)15-25(24)36(22)41(40)17-23-12-21-6-9-34(48)50-29(21)16-30(23)51-41/h5-10,12,15-16,18,26-27,31,35-38,43H,11,13-14,17,19H2,1-4H3,(H2,42,44). The number of carbonyl (C=O) groups excluding carboxylic acids is 3. The summed E-state index contributed by atoms with van der Waals surface area (Å²) in [5, 5.41) is 4.25. The molecule has 1 aromatic carbocycles. The SMILES string of the molecule is CC=C(C)C(=O)OC1(C)CC=C2CSSC3CC4C(=O)C=CC5C(C4NC)C3N5C(=O)Cc3cnc(N)cc3C2C12Cc1cc3ccc(=O)oc3cc1O2. The van der Waals surface area contributed by atoms with Crippen molar-refractivity contribution in [1.29, 1.82) is 0 Å². The van der Waals surface area contributed by atoms with E-state index >= 15 is 0 Å². The Morgan fingerprint density at radius 2 is 2.02 bits per heavy atom. The van der Waals surface area contributed by atoms with Crippen LogP contribution in [0, 0.1) is 11.8 Å². The number of ether oxygens (including phenoxy) is 2. The summed E-state index contributed by atoms with van der Waals surface area (Å²) >= 11 is 0. The number of nitrogens with one attached hydrogen (secondary N) is 1. The fraction of sp³-hybridized carbons (Fsp3) is 0.439. The monoisotopic (exact) mass is 766 g/mol. The van der Waals surface area contributed by atoms with Gasteiger partial charge < -0.3 is 29.8 Å². The number of amides is 1. The van der Waals surface area contributed by atoms with Gasteiger partial charge in [0.25, 0.3) is 0 Å². The number of esters is 1. The lowest BCUT2D eigenvalue weighted by Crippen LogP contribution is -2.76. The summed E-state index contributed by atoms with van der Waals surface area (Å²) in [6.45, 7) is 5.46. The zero-order valence-corrected chi connectivity index (χ0v) is 32.1. The van der Waals surface area contributed by atoms with Crippen molar-refractivity contribution in [3.63, 3.8) is 0 Å². The second kappa shape index (κ2) is 12.9. The first-order chi connectivity index (χ1) is 25.9. The molecule has 5 heterocycles. The maximum atomic E-state index is 14.7. The zero-order chi connectivity index (χ0) is 37.7. The van der Waals surface area contributed by atoms with Crippen LogP contribution in [0.5, 0.6) is 5.75 Å². The Bertz CT molecular complexity index is 2290. The maximum absolute atomic E-state index is 14.7. The van der Waals surface area contributed by atoms with E-state index in [0.717, 1.165) is 22.1 Å². The Balaban J connectivity index is 1.21. The van der Waals surface area contributed by atoms with E-state index in [4.69, 9.17) is 19.6 Å². The number of allylic oxidation sites excluding steroid dienone is 2. The Hall–Kier alpha value is -4.33. The van der Waals surface area contributed by atoms with Crippen molar-refractivity contribution in [2.24, 2.45) is 11.8 Å². The van der Waals surface area contributed by atoms with Crippen molar-refractivity contribution in [2.75, 3.05) is 18.5 Å². The van der Waals surface area contributed by atoms with Gasteiger partial charge in [0.05, 0.1) is 24.4 Å². The number of hydrogen-bond acceptors (Lipinski definition) is 12. The molecule has 3 aromatic rings. The van der Waals surface area contributed by atoms with E-state index in [1.807, 2.05) is 37.1 Å². The van der Waals surface area contributed by atoms with E-state index in [1.165, 1.54) is 6.07 Å². The molecule has 6 aliphatic rings. The Kier molecular flexibility index (Phi) is 8.44. The average Bonchev–Trinajstić information content (AvgIpc) is 3.50. The minimum atomic E-state index is -1.19. The van der Waals surface area contributed by atoms with Crippen molar-refractivity contribution < 1.29 is 28.3 Å². The number of fused-ring (bicyclic) bond motifs is 8. The Morgan fingerprint density at radius 1 is 1.19 bits per heavy atom. The molecule has 3 aliphatic carbocycles. The van der Waals surface area contributed by atoms with Gasteiger partial charge in [-0.1, -0.05) is 45.4 Å². The molecule has 13 heteroatoms. The first kappa shape index (κ1) is 35.4. The van der Waals surface area contributed by atoms with Gasteiger partial charge in [-0.15, -0.1) is 0 Å². The predicted octanol–water partition coefficient (Wildman–Crippen LogP) is 5.07. The molecule has 54 heavy (non-hydrogen) atoms. The number of aromatic nitrogens is 1. The maximum Gasteiger partial charge on any atom is 0.336 e. The molecule has 2 bridgehead atoms. The predicted molar refractivity (Wildman–Crippen MR) is 208 cm³/mol. The van der Waals surface area contributed by atoms with Crippen LogP contribution in [0.25, 0.3) is 11.0 Å². The highest BCUT2D eigenvalue weighted by molar-refractivity contribution is 8.77. The second-order valence-corrected chi connectivity index (χ2v) is 18.2. The summed E-state index contributed by atoms with van der Waals surface area (Å²) in [5.74, 6) is 0.549. The quantitative estimate of drug-likeness (QED) is 0.120. The van der Waals surface area contributed by atoms with Gasteiger partial charge in [-0.2, -0.15) is 0 Å². The number of pyridine rings is 1. The number of carbonyl (C=O) groups is 3. The van der Waals surface area contributed by atoms with Crippen molar-refractivity contribution >= 4 is 56.0 Å². The molecule has 2 aromatic heterocycles. The van der Waals surface area contributed by atoms with E-state index < -0.39 is 28.7 Å². The number of nitrogens with zero attached hydrogens (tertiary/aromatic N) is 2. The molecule has 9 atom stereocenters. The van der Waals surface area contributed by atoms with Gasteiger partial charge in [-0.3, -0.25) is 9.59 Å². The summed E-state index contributed by atoms with van der Waals surface area (Å²) in [6, 6.07) is 8.48. The third kappa shape index (κ3) is 5.25. The van der Waals surface area contributed by atoms with Crippen LogP contribution in [0.2, 0.25) is 0 Å². The van der Waals surface area contributed by atoms with Crippen LogP contribution in [0.1, 0.15) is 56.2 Å². The van der Waals surface area contributed by atoms with Gasteiger partial charge in [0.1, 0.15) is 17.2 Å². The fourth-order valence-corrected chi connectivity index (χ4v) is 13.1. The van der Waals surface area contributed by atoms with E-state index in [0.29, 0.717) is 53.3 Å². The van der Waals surface area contributed by atoms with Gasteiger partial charge in [0, 0.05) is 71.0 Å². The normalized spacial score (nSPS) is 34.0. The third-order valence-electron chi connectivity index (χ3n) is 12.8. The van der Waals surface area contributed by atoms with Crippen molar-refractivity contribution in [1.82, 2.24) is 15.2 Å². The Labute approximate surface area is 320 Å². The molecule has 11 nitrogen and oxygen atoms in total. The summed E-state index contributed by atoms with van der Waals surface area (Å²) in [5.41, 5.74) is 7.97. The molecular weight excluding hydrogens is 725 g/mol.